The van der Waals surface area contributed by atoms with E-state index in [0.29, 0.717) is 13.2 Å². The molecule has 2 aromatic heterocycles. The number of carbonyl (C=O) groups excluding carboxylic acids is 1. The Hall–Kier alpha value is -2.41. The first-order chi connectivity index (χ1) is 12.3. The molecule has 0 unspecified atom stereocenters. The maximum Gasteiger partial charge on any atom is 0.225 e. The van der Waals surface area contributed by atoms with E-state index in [2.05, 4.69) is 15.1 Å². The number of ether oxygens (including phenoxy) is 1. The van der Waals surface area contributed by atoms with Crippen LogP contribution in [0.1, 0.15) is 12.8 Å². The molecule has 2 fully saturated rings. The number of anilines is 1. The fourth-order valence-corrected chi connectivity index (χ4v) is 3.47. The summed E-state index contributed by atoms with van der Waals surface area (Å²) in [5.74, 6) is 2.11. The summed E-state index contributed by atoms with van der Waals surface area (Å²) in [5.41, 5.74) is 0. The number of carbonyl (C=O) groups is 1. The number of amides is 1. The van der Waals surface area contributed by atoms with Crippen LogP contribution in [0.5, 0.6) is 0 Å². The summed E-state index contributed by atoms with van der Waals surface area (Å²) in [7, 11) is 0. The highest BCUT2D eigenvalue weighted by molar-refractivity contribution is 5.79. The highest BCUT2D eigenvalue weighted by atomic mass is 16.5. The largest absolute Gasteiger partial charge is 0.381 e. The van der Waals surface area contributed by atoms with Crippen molar-refractivity contribution in [3.63, 3.8) is 0 Å². The van der Waals surface area contributed by atoms with Gasteiger partial charge in [-0.3, -0.25) is 4.79 Å². The highest BCUT2D eigenvalue weighted by Crippen LogP contribution is 2.20. The van der Waals surface area contributed by atoms with E-state index in [-0.39, 0.29) is 11.8 Å². The third-order valence-corrected chi connectivity index (χ3v) is 4.99. The summed E-state index contributed by atoms with van der Waals surface area (Å²) in [6.07, 6.45) is 5.60. The average Bonchev–Trinajstić information content (AvgIpc) is 3.23. The molecule has 2 aliphatic rings. The van der Waals surface area contributed by atoms with E-state index in [0.717, 1.165) is 50.7 Å². The van der Waals surface area contributed by atoms with Crippen LogP contribution in [0.4, 0.5) is 5.82 Å². The Morgan fingerprint density at radius 2 is 1.60 bits per heavy atom. The van der Waals surface area contributed by atoms with Gasteiger partial charge in [-0.2, -0.15) is 0 Å². The quantitative estimate of drug-likeness (QED) is 0.843. The van der Waals surface area contributed by atoms with Crippen molar-refractivity contribution < 1.29 is 9.53 Å². The molecule has 1 amide bonds. The van der Waals surface area contributed by atoms with Crippen LogP contribution in [0.25, 0.3) is 5.82 Å². The Labute approximate surface area is 147 Å². The Bertz CT molecular complexity index is 687. The third-order valence-electron chi connectivity index (χ3n) is 4.99. The minimum atomic E-state index is 0.140. The molecule has 0 N–H and O–H groups in total. The molecule has 7 heteroatoms. The fourth-order valence-electron chi connectivity index (χ4n) is 3.47. The molecule has 25 heavy (non-hydrogen) atoms. The molecular weight excluding hydrogens is 318 g/mol. The minimum Gasteiger partial charge on any atom is -0.381 e. The van der Waals surface area contributed by atoms with Crippen molar-refractivity contribution in [2.75, 3.05) is 44.3 Å². The molecule has 0 aromatic carbocycles. The van der Waals surface area contributed by atoms with Crippen molar-refractivity contribution >= 4 is 11.7 Å². The SMILES string of the molecule is O=C(C1CCOCC1)N1CCN(c2ccc(-n3cccc3)nn2)CC1. The van der Waals surface area contributed by atoms with Crippen LogP contribution in [-0.4, -0.2) is 65.0 Å². The lowest BCUT2D eigenvalue weighted by Crippen LogP contribution is -2.51. The van der Waals surface area contributed by atoms with Crippen molar-refractivity contribution in [2.45, 2.75) is 12.8 Å². The van der Waals surface area contributed by atoms with Gasteiger partial charge in [-0.1, -0.05) is 0 Å². The van der Waals surface area contributed by atoms with Gasteiger partial charge in [0.2, 0.25) is 5.91 Å². The van der Waals surface area contributed by atoms with Gasteiger partial charge in [0.1, 0.15) is 0 Å². The van der Waals surface area contributed by atoms with Crippen molar-refractivity contribution in [2.24, 2.45) is 5.92 Å². The lowest BCUT2D eigenvalue weighted by Gasteiger charge is -2.37. The molecule has 2 aliphatic heterocycles. The van der Waals surface area contributed by atoms with Gasteiger partial charge in [-0.05, 0) is 37.1 Å². The molecular formula is C18H23N5O2. The van der Waals surface area contributed by atoms with Crippen LogP contribution in [0.3, 0.4) is 0 Å². The zero-order valence-corrected chi connectivity index (χ0v) is 14.3. The molecule has 0 bridgehead atoms. The Balaban J connectivity index is 1.34. The summed E-state index contributed by atoms with van der Waals surface area (Å²) in [6.45, 7) is 4.51. The molecule has 7 nitrogen and oxygen atoms in total. The van der Waals surface area contributed by atoms with E-state index in [9.17, 15) is 4.79 Å². The Kier molecular flexibility index (Phi) is 4.65. The van der Waals surface area contributed by atoms with E-state index in [1.165, 1.54) is 0 Å². The second-order valence-electron chi connectivity index (χ2n) is 6.54. The van der Waals surface area contributed by atoms with E-state index >= 15 is 0 Å². The Morgan fingerprint density at radius 3 is 2.24 bits per heavy atom. The van der Waals surface area contributed by atoms with E-state index in [4.69, 9.17) is 4.74 Å². The van der Waals surface area contributed by atoms with Crippen molar-refractivity contribution in [3.05, 3.63) is 36.7 Å². The molecule has 0 atom stereocenters. The van der Waals surface area contributed by atoms with Gasteiger partial charge >= 0.3 is 0 Å². The number of aromatic nitrogens is 3. The van der Waals surface area contributed by atoms with Crippen LogP contribution in [0.2, 0.25) is 0 Å². The van der Waals surface area contributed by atoms with E-state index in [1.807, 2.05) is 46.1 Å². The second-order valence-corrected chi connectivity index (χ2v) is 6.54. The average molecular weight is 341 g/mol. The topological polar surface area (TPSA) is 63.5 Å². The van der Waals surface area contributed by atoms with Crippen LogP contribution in [0, 0.1) is 5.92 Å². The lowest BCUT2D eigenvalue weighted by atomic mass is 9.98. The Morgan fingerprint density at radius 1 is 0.960 bits per heavy atom. The summed E-state index contributed by atoms with van der Waals surface area (Å²) in [4.78, 5) is 16.8. The van der Waals surface area contributed by atoms with Gasteiger partial charge < -0.3 is 19.1 Å². The summed E-state index contributed by atoms with van der Waals surface area (Å²) in [5, 5.41) is 8.65. The van der Waals surface area contributed by atoms with Gasteiger partial charge in [-0.25, -0.2) is 0 Å². The first kappa shape index (κ1) is 16.1. The second kappa shape index (κ2) is 7.23. The molecule has 0 saturated carbocycles. The first-order valence-corrected chi connectivity index (χ1v) is 8.90. The minimum absolute atomic E-state index is 0.140. The van der Waals surface area contributed by atoms with Crippen molar-refractivity contribution in [1.82, 2.24) is 19.7 Å². The maximum absolute atomic E-state index is 12.6. The van der Waals surface area contributed by atoms with Crippen molar-refractivity contribution in [3.8, 4) is 5.82 Å². The van der Waals surface area contributed by atoms with Crippen LogP contribution < -0.4 is 4.90 Å². The predicted octanol–water partition coefficient (Wildman–Crippen LogP) is 1.34. The van der Waals surface area contributed by atoms with Crippen LogP contribution in [0.15, 0.2) is 36.7 Å². The van der Waals surface area contributed by atoms with Gasteiger partial charge in [0, 0.05) is 57.7 Å². The monoisotopic (exact) mass is 341 g/mol. The number of hydrogen-bond acceptors (Lipinski definition) is 5. The summed E-state index contributed by atoms with van der Waals surface area (Å²) < 4.78 is 7.28. The number of rotatable bonds is 3. The fraction of sp³-hybridized carbons (Fsp3) is 0.500. The highest BCUT2D eigenvalue weighted by Gasteiger charge is 2.29. The summed E-state index contributed by atoms with van der Waals surface area (Å²) >= 11 is 0. The third kappa shape index (κ3) is 3.51. The first-order valence-electron chi connectivity index (χ1n) is 8.90. The van der Waals surface area contributed by atoms with Gasteiger partial charge in [0.25, 0.3) is 0 Å². The standard InChI is InChI=1S/C18H23N5O2/c24-18(15-5-13-25-14-6-15)23-11-9-22(10-12-23)17-4-3-16(19-20-17)21-7-1-2-8-21/h1-4,7-8,15H,5-6,9-14H2. The number of nitrogens with zero attached hydrogens (tertiary/aromatic N) is 5. The molecule has 0 spiro atoms. The predicted molar refractivity (Wildman–Crippen MR) is 93.7 cm³/mol. The maximum atomic E-state index is 12.6. The molecule has 132 valence electrons. The molecule has 4 rings (SSSR count). The smallest absolute Gasteiger partial charge is 0.225 e. The molecule has 2 saturated heterocycles. The molecule has 4 heterocycles. The van der Waals surface area contributed by atoms with Gasteiger partial charge in [0.15, 0.2) is 11.6 Å². The number of hydrogen-bond donors (Lipinski definition) is 0. The normalized spacial score (nSPS) is 19.2. The summed E-state index contributed by atoms with van der Waals surface area (Å²) in [6, 6.07) is 7.90. The van der Waals surface area contributed by atoms with E-state index < -0.39 is 0 Å². The van der Waals surface area contributed by atoms with E-state index in [1.54, 1.807) is 0 Å². The number of piperazine rings is 1. The van der Waals surface area contributed by atoms with Crippen LogP contribution >= 0.6 is 0 Å². The van der Waals surface area contributed by atoms with Crippen molar-refractivity contribution in [1.29, 1.82) is 0 Å². The molecule has 0 radical (unpaired) electrons. The zero-order chi connectivity index (χ0) is 17.1. The van der Waals surface area contributed by atoms with Crippen LogP contribution in [-0.2, 0) is 9.53 Å². The lowest BCUT2D eigenvalue weighted by molar-refractivity contribution is -0.138. The van der Waals surface area contributed by atoms with Gasteiger partial charge in [-0.15, -0.1) is 10.2 Å². The molecule has 0 aliphatic carbocycles. The zero-order valence-electron chi connectivity index (χ0n) is 14.3. The van der Waals surface area contributed by atoms with Gasteiger partial charge in [0.05, 0.1) is 0 Å². The molecule has 2 aromatic rings.